The van der Waals surface area contributed by atoms with E-state index in [-0.39, 0.29) is 0 Å². The molecule has 0 aliphatic carbocycles. The standard InChI is InChI=1S/C43H87NO11/c1-2-3-4-5-6-7-8-9-10-11-12-13-14-15-16-17-22-45-23-24-46-25-26-47-27-28-48-29-30-49-31-32-50-33-34-51-35-36-52-37-38-53-39-40-54-41-42-55-43-18-20-44-21-19-43/h43-44H,2-42H2,1H3. The van der Waals surface area contributed by atoms with Gasteiger partial charge in [-0.25, -0.2) is 0 Å². The first-order chi connectivity index (χ1) is 27.4. The number of ether oxygens (including phenoxy) is 11. The van der Waals surface area contributed by atoms with Crippen LogP contribution in [-0.4, -0.2) is 158 Å². The van der Waals surface area contributed by atoms with E-state index in [0.29, 0.717) is 138 Å². The molecule has 0 radical (unpaired) electrons. The predicted octanol–water partition coefficient (Wildman–Crippen LogP) is 7.18. The van der Waals surface area contributed by atoms with Gasteiger partial charge in [-0.15, -0.1) is 0 Å². The normalized spacial score (nSPS) is 13.7. The topological polar surface area (TPSA) is 114 Å². The number of piperidine rings is 1. The SMILES string of the molecule is CCCCCCCCCCCCCCCCCCOCCOCCOCCOCCOCCOCCOCCOCCOCCOCCOC1CCNCC1. The van der Waals surface area contributed by atoms with Crippen molar-refractivity contribution in [1.29, 1.82) is 0 Å². The summed E-state index contributed by atoms with van der Waals surface area (Å²) in [6, 6.07) is 0. The average molecular weight is 794 g/mol. The van der Waals surface area contributed by atoms with Gasteiger partial charge >= 0.3 is 0 Å². The number of nitrogens with one attached hydrogen (secondary N) is 1. The van der Waals surface area contributed by atoms with E-state index in [1.807, 2.05) is 0 Å². The molecule has 12 heteroatoms. The molecule has 0 aromatic carbocycles. The van der Waals surface area contributed by atoms with E-state index in [9.17, 15) is 0 Å². The Bertz CT molecular complexity index is 691. The van der Waals surface area contributed by atoms with Crippen molar-refractivity contribution in [3.8, 4) is 0 Å². The Morgan fingerprint density at radius 3 is 0.818 bits per heavy atom. The third kappa shape index (κ3) is 44.5. The van der Waals surface area contributed by atoms with Crippen LogP contribution in [0, 0.1) is 0 Å². The number of rotatable bonds is 48. The van der Waals surface area contributed by atoms with Gasteiger partial charge < -0.3 is 57.4 Å². The van der Waals surface area contributed by atoms with E-state index in [4.69, 9.17) is 52.1 Å². The molecule has 0 amide bonds. The van der Waals surface area contributed by atoms with Crippen LogP contribution in [0.3, 0.4) is 0 Å². The van der Waals surface area contributed by atoms with E-state index < -0.39 is 0 Å². The van der Waals surface area contributed by atoms with Crippen LogP contribution in [0.2, 0.25) is 0 Å². The van der Waals surface area contributed by atoms with Crippen molar-refractivity contribution in [2.24, 2.45) is 0 Å². The Kier molecular flexibility index (Phi) is 45.7. The molecule has 1 aliphatic heterocycles. The minimum absolute atomic E-state index is 0.375. The first kappa shape index (κ1) is 52.5. The van der Waals surface area contributed by atoms with Gasteiger partial charge in [0.05, 0.1) is 138 Å². The lowest BCUT2D eigenvalue weighted by Crippen LogP contribution is -2.33. The van der Waals surface area contributed by atoms with Crippen LogP contribution >= 0.6 is 0 Å². The van der Waals surface area contributed by atoms with Gasteiger partial charge in [-0.2, -0.15) is 0 Å². The van der Waals surface area contributed by atoms with Gasteiger partial charge in [0.1, 0.15) is 0 Å². The largest absolute Gasteiger partial charge is 0.379 e. The van der Waals surface area contributed by atoms with E-state index in [1.54, 1.807) is 0 Å². The molecule has 1 saturated heterocycles. The van der Waals surface area contributed by atoms with E-state index in [0.717, 1.165) is 39.0 Å². The summed E-state index contributed by atoms with van der Waals surface area (Å²) in [6.07, 6.45) is 24.8. The lowest BCUT2D eigenvalue weighted by Gasteiger charge is -2.22. The third-order valence-electron chi connectivity index (χ3n) is 9.36. The highest BCUT2D eigenvalue weighted by molar-refractivity contribution is 4.67. The maximum Gasteiger partial charge on any atom is 0.0704 e. The fourth-order valence-electron chi connectivity index (χ4n) is 6.07. The summed E-state index contributed by atoms with van der Waals surface area (Å²) in [5, 5.41) is 3.33. The maximum absolute atomic E-state index is 5.80. The van der Waals surface area contributed by atoms with Gasteiger partial charge in [-0.3, -0.25) is 0 Å². The zero-order chi connectivity index (χ0) is 39.1. The molecule has 12 nitrogen and oxygen atoms in total. The van der Waals surface area contributed by atoms with Crippen molar-refractivity contribution in [3.63, 3.8) is 0 Å². The summed E-state index contributed by atoms with van der Waals surface area (Å²) < 4.78 is 61.3. The highest BCUT2D eigenvalue weighted by atomic mass is 16.6. The molecule has 330 valence electrons. The molecular weight excluding hydrogens is 706 g/mol. The monoisotopic (exact) mass is 794 g/mol. The van der Waals surface area contributed by atoms with Crippen LogP contribution in [0.1, 0.15) is 122 Å². The van der Waals surface area contributed by atoms with E-state index >= 15 is 0 Å². The van der Waals surface area contributed by atoms with E-state index in [2.05, 4.69) is 12.2 Å². The first-order valence-corrected chi connectivity index (χ1v) is 22.5. The number of hydrogen-bond acceptors (Lipinski definition) is 12. The molecule has 0 bridgehead atoms. The zero-order valence-electron chi connectivity index (χ0n) is 35.6. The van der Waals surface area contributed by atoms with Gasteiger partial charge in [0.15, 0.2) is 0 Å². The quantitative estimate of drug-likeness (QED) is 0.0630. The molecule has 1 fully saturated rings. The summed E-state index contributed by atoms with van der Waals surface area (Å²) in [5.41, 5.74) is 0. The van der Waals surface area contributed by atoms with Gasteiger partial charge in [0.25, 0.3) is 0 Å². The van der Waals surface area contributed by atoms with Crippen LogP contribution in [0.25, 0.3) is 0 Å². The molecular formula is C43H87NO11. The highest BCUT2D eigenvalue weighted by Gasteiger charge is 2.12. The lowest BCUT2D eigenvalue weighted by atomic mass is 10.0. The average Bonchev–Trinajstić information content (AvgIpc) is 3.21. The number of unbranched alkanes of at least 4 members (excludes halogenated alkanes) is 15. The predicted molar refractivity (Wildman–Crippen MR) is 220 cm³/mol. The Morgan fingerprint density at radius 2 is 0.527 bits per heavy atom. The molecule has 1 aliphatic rings. The Labute approximate surface area is 337 Å². The lowest BCUT2D eigenvalue weighted by molar-refractivity contribution is -0.0324. The third-order valence-corrected chi connectivity index (χ3v) is 9.36. The van der Waals surface area contributed by atoms with Crippen molar-refractivity contribution in [2.45, 2.75) is 129 Å². The summed E-state index contributed by atoms with van der Waals surface area (Å²) in [6.45, 7) is 16.4. The van der Waals surface area contributed by atoms with Crippen LogP contribution in [0.15, 0.2) is 0 Å². The second kappa shape index (κ2) is 47.9. The second-order valence-corrected chi connectivity index (χ2v) is 14.2. The van der Waals surface area contributed by atoms with Gasteiger partial charge in [0.2, 0.25) is 0 Å². The molecule has 0 aromatic rings. The molecule has 1 heterocycles. The molecule has 55 heavy (non-hydrogen) atoms. The summed E-state index contributed by atoms with van der Waals surface area (Å²) in [5.74, 6) is 0. The number of hydrogen-bond donors (Lipinski definition) is 1. The zero-order valence-corrected chi connectivity index (χ0v) is 35.6. The fourth-order valence-corrected chi connectivity index (χ4v) is 6.07. The summed E-state index contributed by atoms with van der Waals surface area (Å²) >= 11 is 0. The van der Waals surface area contributed by atoms with Gasteiger partial charge in [-0.1, -0.05) is 103 Å². The summed E-state index contributed by atoms with van der Waals surface area (Å²) in [7, 11) is 0. The minimum Gasteiger partial charge on any atom is -0.379 e. The Balaban J connectivity index is 1.59. The van der Waals surface area contributed by atoms with Gasteiger partial charge in [-0.05, 0) is 32.4 Å². The molecule has 0 aromatic heterocycles. The molecule has 0 unspecified atom stereocenters. The van der Waals surface area contributed by atoms with Crippen molar-refractivity contribution < 1.29 is 52.1 Å². The molecule has 1 N–H and O–H groups in total. The molecule has 0 saturated carbocycles. The van der Waals surface area contributed by atoms with Crippen molar-refractivity contribution in [2.75, 3.05) is 152 Å². The summed E-state index contributed by atoms with van der Waals surface area (Å²) in [4.78, 5) is 0. The molecule has 0 spiro atoms. The smallest absolute Gasteiger partial charge is 0.0704 e. The minimum atomic E-state index is 0.375. The highest BCUT2D eigenvalue weighted by Crippen LogP contribution is 2.14. The van der Waals surface area contributed by atoms with Gasteiger partial charge in [0, 0.05) is 6.61 Å². The van der Waals surface area contributed by atoms with Crippen LogP contribution in [0.5, 0.6) is 0 Å². The van der Waals surface area contributed by atoms with Crippen LogP contribution in [0.4, 0.5) is 0 Å². The van der Waals surface area contributed by atoms with Crippen LogP contribution in [-0.2, 0) is 52.1 Å². The van der Waals surface area contributed by atoms with Crippen molar-refractivity contribution >= 4 is 0 Å². The van der Waals surface area contributed by atoms with Crippen molar-refractivity contribution in [3.05, 3.63) is 0 Å². The Hall–Kier alpha value is -0.480. The van der Waals surface area contributed by atoms with E-state index in [1.165, 1.54) is 96.3 Å². The maximum atomic E-state index is 5.80. The van der Waals surface area contributed by atoms with Crippen LogP contribution < -0.4 is 5.32 Å². The molecule has 0 atom stereocenters. The first-order valence-electron chi connectivity index (χ1n) is 22.5. The second-order valence-electron chi connectivity index (χ2n) is 14.2. The molecule has 1 rings (SSSR count). The Morgan fingerprint density at radius 1 is 0.291 bits per heavy atom. The van der Waals surface area contributed by atoms with Crippen molar-refractivity contribution in [1.82, 2.24) is 5.32 Å². The fraction of sp³-hybridized carbons (Fsp3) is 1.00.